The van der Waals surface area contributed by atoms with Crippen molar-refractivity contribution < 1.29 is 28.7 Å². The van der Waals surface area contributed by atoms with Crippen molar-refractivity contribution in [1.29, 1.82) is 0 Å². The molecule has 3 unspecified atom stereocenters. The minimum atomic E-state index is -0.723. The first kappa shape index (κ1) is 43.0. The Labute approximate surface area is 361 Å². The van der Waals surface area contributed by atoms with Gasteiger partial charge in [-0.3, -0.25) is 9.59 Å². The molecule has 7 rings (SSSR count). The van der Waals surface area contributed by atoms with E-state index in [1.165, 1.54) is 14.2 Å². The van der Waals surface area contributed by atoms with Gasteiger partial charge in [-0.1, -0.05) is 76.1 Å². The van der Waals surface area contributed by atoms with E-state index in [0.29, 0.717) is 30.4 Å². The summed E-state index contributed by atoms with van der Waals surface area (Å²) in [6.07, 6.45) is 5.25. The zero-order chi connectivity index (χ0) is 43.9. The molecule has 14 nitrogen and oxygen atoms in total. The van der Waals surface area contributed by atoms with Gasteiger partial charge in [-0.15, -0.1) is 0 Å². The van der Waals surface area contributed by atoms with E-state index in [4.69, 9.17) is 14.5 Å². The van der Waals surface area contributed by atoms with Crippen molar-refractivity contribution in [1.82, 2.24) is 40.4 Å². The first-order valence-corrected chi connectivity index (χ1v) is 21.0. The van der Waals surface area contributed by atoms with E-state index in [0.717, 1.165) is 64.4 Å². The maximum absolute atomic E-state index is 13.7. The average molecular weight is 837 g/mol. The molecule has 2 aliphatic rings. The van der Waals surface area contributed by atoms with Crippen molar-refractivity contribution in [3.8, 4) is 46.1 Å². The number of ether oxygens (including phenoxy) is 2. The number of fused-ring (bicyclic) bond motifs is 1. The molecule has 0 radical (unpaired) electrons. The van der Waals surface area contributed by atoms with E-state index in [-0.39, 0.29) is 35.7 Å². The molecule has 320 valence electrons. The normalized spacial score (nSPS) is 16.9. The highest BCUT2D eigenvalue weighted by atomic mass is 16.5. The second-order valence-corrected chi connectivity index (χ2v) is 16.3. The highest BCUT2D eigenvalue weighted by Crippen LogP contribution is 2.35. The molecule has 5 aromatic rings. The number of likely N-dealkylation sites (tertiary alicyclic amines) is 2. The largest absolute Gasteiger partial charge is 0.453 e. The summed E-state index contributed by atoms with van der Waals surface area (Å²) >= 11 is 0. The number of imidazole rings is 2. The maximum Gasteiger partial charge on any atom is 0.407 e. The van der Waals surface area contributed by atoms with E-state index in [1.807, 2.05) is 52.0 Å². The molecule has 0 aliphatic carbocycles. The summed E-state index contributed by atoms with van der Waals surface area (Å²) in [5.74, 6) is 13.1. The Morgan fingerprint density at radius 3 is 1.87 bits per heavy atom. The molecule has 4 N–H and O–H groups in total. The van der Waals surface area contributed by atoms with Gasteiger partial charge in [0.2, 0.25) is 11.8 Å². The number of nitrogens with zero attached hydrogens (tertiary/aromatic N) is 4. The van der Waals surface area contributed by atoms with Crippen LogP contribution in [0.3, 0.4) is 0 Å². The Hall–Kier alpha value is -7.06. The molecule has 2 aliphatic heterocycles. The van der Waals surface area contributed by atoms with Gasteiger partial charge in [-0.2, -0.15) is 0 Å². The number of benzene rings is 3. The van der Waals surface area contributed by atoms with Crippen LogP contribution in [0.2, 0.25) is 0 Å². The van der Waals surface area contributed by atoms with Crippen LogP contribution in [0.4, 0.5) is 9.59 Å². The smallest absolute Gasteiger partial charge is 0.407 e. The van der Waals surface area contributed by atoms with Gasteiger partial charge in [0.15, 0.2) is 0 Å². The number of alkyl carbamates (subject to hydrolysis) is 2. The van der Waals surface area contributed by atoms with E-state index in [2.05, 4.69) is 85.7 Å². The number of amides is 4. The monoisotopic (exact) mass is 836 g/mol. The lowest BCUT2D eigenvalue weighted by Crippen LogP contribution is -2.51. The van der Waals surface area contributed by atoms with Gasteiger partial charge in [-0.05, 0) is 95.4 Å². The molecular weight excluding hydrogens is 785 g/mol. The van der Waals surface area contributed by atoms with Gasteiger partial charge >= 0.3 is 12.2 Å². The van der Waals surface area contributed by atoms with Crippen LogP contribution in [-0.4, -0.2) is 93.1 Å². The zero-order valence-electron chi connectivity index (χ0n) is 35.9. The molecule has 2 fully saturated rings. The van der Waals surface area contributed by atoms with Crippen LogP contribution in [0.15, 0.2) is 73.1 Å². The molecule has 0 saturated carbocycles. The van der Waals surface area contributed by atoms with Crippen LogP contribution in [0, 0.1) is 35.5 Å². The number of carbonyl (C=O) groups excluding carboxylic acids is 4. The molecule has 62 heavy (non-hydrogen) atoms. The Balaban J connectivity index is 1.13. The summed E-state index contributed by atoms with van der Waals surface area (Å²) in [7, 11) is 2.56. The number of aromatic amines is 2. The molecule has 0 bridgehead atoms. The van der Waals surface area contributed by atoms with Crippen molar-refractivity contribution in [3.63, 3.8) is 0 Å². The summed E-state index contributed by atoms with van der Waals surface area (Å²) in [5.41, 5.74) is 4.96. The maximum atomic E-state index is 13.7. The highest BCUT2D eigenvalue weighted by molar-refractivity contribution is 5.90. The molecule has 4 heterocycles. The third kappa shape index (κ3) is 9.45. The summed E-state index contributed by atoms with van der Waals surface area (Å²) in [6, 6.07) is 18.6. The lowest BCUT2D eigenvalue weighted by molar-refractivity contribution is -0.136. The second kappa shape index (κ2) is 19.1. The van der Waals surface area contributed by atoms with Gasteiger partial charge in [0.25, 0.3) is 0 Å². The number of hydrogen-bond donors (Lipinski definition) is 4. The van der Waals surface area contributed by atoms with Crippen LogP contribution < -0.4 is 10.6 Å². The third-order valence-electron chi connectivity index (χ3n) is 11.5. The summed E-state index contributed by atoms with van der Waals surface area (Å²) in [4.78, 5) is 71.0. The molecular formula is C48H52N8O6. The Bertz CT molecular complexity index is 2590. The standard InChI is InChI=1S/C48H52N8O6/c1-29(2)41(53-47(59)61-5)45(57)55-23-11-17-39(55)43-49-27-36(51-43)16-10-9-14-32-20-22-35(26-37(32)34-21-19-31-13-7-8-15-33(31)25-34)38-28-50-44(52-38)40-18-12-24-56(40)46(58)42(30(3)4)54-48(60)62-6/h7-8,13,15,19-22,25-30,39-42H,11-12,17-18,23-24H2,1-6H3,(H,49,51)(H,50,52)(H,53,59)(H,54,60)/t39?,40?,41-,42?/m0/s1. The van der Waals surface area contributed by atoms with E-state index < -0.39 is 24.3 Å². The third-order valence-corrected chi connectivity index (χ3v) is 11.5. The van der Waals surface area contributed by atoms with Gasteiger partial charge in [0.05, 0.1) is 44.4 Å². The van der Waals surface area contributed by atoms with Gasteiger partial charge in [-0.25, -0.2) is 19.6 Å². The van der Waals surface area contributed by atoms with E-state index >= 15 is 0 Å². The summed E-state index contributed by atoms with van der Waals surface area (Å²) in [5, 5.41) is 7.61. The molecule has 0 spiro atoms. The van der Waals surface area contributed by atoms with Crippen LogP contribution in [0.25, 0.3) is 33.2 Å². The predicted octanol–water partition coefficient (Wildman–Crippen LogP) is 7.11. The van der Waals surface area contributed by atoms with Crippen LogP contribution in [0.1, 0.15) is 88.4 Å². The zero-order valence-corrected chi connectivity index (χ0v) is 35.9. The lowest BCUT2D eigenvalue weighted by atomic mass is 9.95. The molecule has 2 aromatic heterocycles. The number of methoxy groups -OCH3 is 2. The SMILES string of the molecule is COC(=O)NC(C(=O)N1CCCC1c1ncc(-c2ccc(C#CC#Cc3cnc(C4CCCN4C(=O)[C@@H](NC(=O)OC)C(C)C)[nH]3)c(-c3ccc4ccccc4c3)c2)[nH]1)C(C)C. The number of aromatic nitrogens is 4. The van der Waals surface area contributed by atoms with E-state index in [9.17, 15) is 19.2 Å². The van der Waals surface area contributed by atoms with Gasteiger partial charge < -0.3 is 39.9 Å². The fourth-order valence-electron chi connectivity index (χ4n) is 8.22. The van der Waals surface area contributed by atoms with Crippen molar-refractivity contribution in [2.24, 2.45) is 11.8 Å². The molecule has 3 aromatic carbocycles. The topological polar surface area (TPSA) is 175 Å². The van der Waals surface area contributed by atoms with Gasteiger partial charge in [0.1, 0.15) is 29.4 Å². The van der Waals surface area contributed by atoms with Crippen LogP contribution >= 0.6 is 0 Å². The molecule has 4 atom stereocenters. The minimum Gasteiger partial charge on any atom is -0.453 e. The number of rotatable bonds is 10. The van der Waals surface area contributed by atoms with Gasteiger partial charge in [0, 0.05) is 24.2 Å². The Morgan fingerprint density at radius 2 is 1.26 bits per heavy atom. The Kier molecular flexibility index (Phi) is 13.3. The minimum absolute atomic E-state index is 0.134. The Morgan fingerprint density at radius 1 is 0.694 bits per heavy atom. The highest BCUT2D eigenvalue weighted by Gasteiger charge is 2.39. The first-order valence-electron chi connectivity index (χ1n) is 21.0. The van der Waals surface area contributed by atoms with Crippen LogP contribution in [-0.2, 0) is 19.1 Å². The fourth-order valence-corrected chi connectivity index (χ4v) is 8.22. The number of H-pyrrole nitrogens is 2. The molecule has 4 amide bonds. The fraction of sp³-hybridized carbons (Fsp3) is 0.375. The van der Waals surface area contributed by atoms with Crippen molar-refractivity contribution >= 4 is 34.8 Å². The second-order valence-electron chi connectivity index (χ2n) is 16.3. The number of nitrogens with one attached hydrogen (secondary N) is 4. The summed E-state index contributed by atoms with van der Waals surface area (Å²) in [6.45, 7) is 8.67. The van der Waals surface area contributed by atoms with Crippen molar-refractivity contribution in [2.45, 2.75) is 77.5 Å². The van der Waals surface area contributed by atoms with Crippen molar-refractivity contribution in [3.05, 3.63) is 96.0 Å². The lowest BCUT2D eigenvalue weighted by Gasteiger charge is -2.30. The number of carbonyl (C=O) groups is 4. The van der Waals surface area contributed by atoms with Crippen molar-refractivity contribution in [2.75, 3.05) is 27.3 Å². The van der Waals surface area contributed by atoms with Crippen LogP contribution in [0.5, 0.6) is 0 Å². The molecule has 14 heteroatoms. The molecule has 2 saturated heterocycles. The summed E-state index contributed by atoms with van der Waals surface area (Å²) < 4.78 is 9.55. The quantitative estimate of drug-likeness (QED) is 0.108. The predicted molar refractivity (Wildman–Crippen MR) is 235 cm³/mol. The van der Waals surface area contributed by atoms with E-state index in [1.54, 1.807) is 22.2 Å². The first-order chi connectivity index (χ1) is 29.9. The number of hydrogen-bond acceptors (Lipinski definition) is 8. The average Bonchev–Trinajstić information content (AvgIpc) is 4.13.